The summed E-state index contributed by atoms with van der Waals surface area (Å²) in [5.41, 5.74) is 2.19. The zero-order chi connectivity index (χ0) is 15.4. The van der Waals surface area contributed by atoms with E-state index >= 15 is 0 Å². The topological polar surface area (TPSA) is 46.5 Å². The molecule has 0 aliphatic rings. The molecule has 0 aliphatic heterocycles. The summed E-state index contributed by atoms with van der Waals surface area (Å²) in [4.78, 5) is 11.0. The van der Waals surface area contributed by atoms with E-state index in [1.807, 2.05) is 27.7 Å². The zero-order valence-electron chi connectivity index (χ0n) is 12.1. The van der Waals surface area contributed by atoms with Crippen molar-refractivity contribution < 1.29 is 23.4 Å². The van der Waals surface area contributed by atoms with Crippen molar-refractivity contribution in [2.75, 3.05) is 0 Å². The first-order valence-corrected chi connectivity index (χ1v) is 6.55. The fourth-order valence-corrected chi connectivity index (χ4v) is 2.25. The first kappa shape index (κ1) is 16.4. The largest absolute Gasteiger partial charge is 0.481 e. The number of aliphatic carboxylic acids is 1. The normalized spacial score (nSPS) is 11.4. The highest BCUT2D eigenvalue weighted by atomic mass is 19.3. The molecule has 0 amide bonds. The van der Waals surface area contributed by atoms with E-state index < -0.39 is 12.6 Å². The van der Waals surface area contributed by atoms with Crippen LogP contribution in [0.1, 0.15) is 56.2 Å². The molecule has 0 heterocycles. The Labute approximate surface area is 117 Å². The predicted molar refractivity (Wildman–Crippen MR) is 72.6 cm³/mol. The van der Waals surface area contributed by atoms with Crippen molar-refractivity contribution in [3.8, 4) is 5.75 Å². The molecule has 0 saturated heterocycles. The van der Waals surface area contributed by atoms with Crippen molar-refractivity contribution in [3.63, 3.8) is 0 Å². The molecule has 3 nitrogen and oxygen atoms in total. The van der Waals surface area contributed by atoms with E-state index in [1.165, 1.54) is 12.1 Å². The Balaban J connectivity index is 3.41. The molecule has 20 heavy (non-hydrogen) atoms. The van der Waals surface area contributed by atoms with Gasteiger partial charge in [0, 0.05) is 0 Å². The molecule has 0 atom stereocenters. The summed E-state index contributed by atoms with van der Waals surface area (Å²) in [5.74, 6) is -0.788. The summed E-state index contributed by atoms with van der Waals surface area (Å²) >= 11 is 0. The average molecular weight is 286 g/mol. The van der Waals surface area contributed by atoms with Gasteiger partial charge in [-0.1, -0.05) is 27.7 Å². The van der Waals surface area contributed by atoms with Gasteiger partial charge in [-0.05, 0) is 40.7 Å². The van der Waals surface area contributed by atoms with Gasteiger partial charge in [-0.2, -0.15) is 8.78 Å². The number of rotatable bonds is 6. The quantitative estimate of drug-likeness (QED) is 0.854. The Bertz CT molecular complexity index is 453. The molecule has 0 aliphatic carbocycles. The van der Waals surface area contributed by atoms with Gasteiger partial charge in [0.05, 0.1) is 6.42 Å². The molecule has 0 saturated carbocycles. The molecule has 1 aromatic carbocycles. The maximum absolute atomic E-state index is 12.4. The van der Waals surface area contributed by atoms with Gasteiger partial charge in [-0.3, -0.25) is 4.79 Å². The second-order valence-electron chi connectivity index (χ2n) is 5.34. The lowest BCUT2D eigenvalue weighted by atomic mass is 9.87. The van der Waals surface area contributed by atoms with Crippen LogP contribution in [0.25, 0.3) is 0 Å². The van der Waals surface area contributed by atoms with Crippen LogP contribution >= 0.6 is 0 Å². The van der Waals surface area contributed by atoms with E-state index in [0.717, 1.165) is 11.1 Å². The van der Waals surface area contributed by atoms with Gasteiger partial charge in [-0.25, -0.2) is 0 Å². The second-order valence-corrected chi connectivity index (χ2v) is 5.34. The number of benzene rings is 1. The van der Waals surface area contributed by atoms with Crippen LogP contribution in [0.2, 0.25) is 0 Å². The highest BCUT2D eigenvalue weighted by molar-refractivity contribution is 5.72. The van der Waals surface area contributed by atoms with E-state index in [1.54, 1.807) is 0 Å². The minimum atomic E-state index is -2.89. The van der Waals surface area contributed by atoms with Crippen LogP contribution < -0.4 is 4.74 Å². The van der Waals surface area contributed by atoms with Gasteiger partial charge in [0.15, 0.2) is 0 Å². The van der Waals surface area contributed by atoms with Gasteiger partial charge in [-0.15, -0.1) is 0 Å². The van der Waals surface area contributed by atoms with Crippen LogP contribution in [0.5, 0.6) is 5.75 Å². The molecule has 1 N–H and O–H groups in total. The number of ether oxygens (including phenoxy) is 1. The first-order valence-electron chi connectivity index (χ1n) is 6.55. The standard InChI is InChI=1S/C15H20F2O3/c1-8(2)11-5-10(20-15(16)17)6-12(9(3)4)13(11)7-14(18)19/h5-6,8-9,15H,7H2,1-4H3,(H,18,19). The average Bonchev–Trinajstić information content (AvgIpc) is 2.28. The molecule has 0 bridgehead atoms. The molecule has 112 valence electrons. The Hall–Kier alpha value is -1.65. The van der Waals surface area contributed by atoms with Gasteiger partial charge in [0.25, 0.3) is 0 Å². The first-order chi connectivity index (χ1) is 9.22. The maximum Gasteiger partial charge on any atom is 0.387 e. The molecular formula is C15H20F2O3. The lowest BCUT2D eigenvalue weighted by molar-refractivity contribution is -0.136. The van der Waals surface area contributed by atoms with Crippen molar-refractivity contribution in [3.05, 3.63) is 28.8 Å². The molecule has 1 rings (SSSR count). The maximum atomic E-state index is 12.4. The molecule has 0 unspecified atom stereocenters. The Morgan fingerprint density at radius 1 is 1.15 bits per heavy atom. The molecule has 0 spiro atoms. The number of hydrogen-bond acceptors (Lipinski definition) is 2. The molecule has 0 aromatic heterocycles. The van der Waals surface area contributed by atoms with Crippen LogP contribution in [0.3, 0.4) is 0 Å². The van der Waals surface area contributed by atoms with Crippen LogP contribution in [0, 0.1) is 0 Å². The molecule has 1 aromatic rings. The fourth-order valence-electron chi connectivity index (χ4n) is 2.25. The third-order valence-electron chi connectivity index (χ3n) is 3.09. The monoisotopic (exact) mass is 286 g/mol. The molecule has 5 heteroatoms. The number of alkyl halides is 2. The zero-order valence-corrected chi connectivity index (χ0v) is 12.1. The van der Waals surface area contributed by atoms with Crippen molar-refractivity contribution >= 4 is 5.97 Å². The highest BCUT2D eigenvalue weighted by Gasteiger charge is 2.19. The van der Waals surface area contributed by atoms with Crippen molar-refractivity contribution in [1.82, 2.24) is 0 Å². The summed E-state index contributed by atoms with van der Waals surface area (Å²) in [7, 11) is 0. The Kier molecular flexibility index (Phi) is 5.48. The summed E-state index contributed by atoms with van der Waals surface area (Å²) in [6.07, 6.45) is -0.115. The van der Waals surface area contributed by atoms with Crippen molar-refractivity contribution in [1.29, 1.82) is 0 Å². The third kappa shape index (κ3) is 4.18. The number of carbonyl (C=O) groups is 1. The van der Waals surface area contributed by atoms with Crippen molar-refractivity contribution in [2.24, 2.45) is 0 Å². The number of halogens is 2. The van der Waals surface area contributed by atoms with E-state index in [0.29, 0.717) is 5.56 Å². The Morgan fingerprint density at radius 3 is 1.90 bits per heavy atom. The number of carboxylic acid groups (broad SMARTS) is 1. The van der Waals surface area contributed by atoms with Gasteiger partial charge in [0.1, 0.15) is 5.75 Å². The minimum absolute atomic E-state index is 0.0306. The van der Waals surface area contributed by atoms with E-state index in [4.69, 9.17) is 5.11 Å². The predicted octanol–water partition coefficient (Wildman–Crippen LogP) is 4.16. The summed E-state index contributed by atoms with van der Waals surface area (Å²) in [6, 6.07) is 3.03. The summed E-state index contributed by atoms with van der Waals surface area (Å²) in [5, 5.41) is 9.04. The van der Waals surface area contributed by atoms with E-state index in [2.05, 4.69) is 4.74 Å². The number of carboxylic acids is 1. The minimum Gasteiger partial charge on any atom is -0.481 e. The van der Waals surface area contributed by atoms with Crippen LogP contribution in [-0.2, 0) is 11.2 Å². The van der Waals surface area contributed by atoms with Crippen LogP contribution in [0.15, 0.2) is 12.1 Å². The van der Waals surface area contributed by atoms with E-state index in [9.17, 15) is 13.6 Å². The smallest absolute Gasteiger partial charge is 0.387 e. The van der Waals surface area contributed by atoms with E-state index in [-0.39, 0.29) is 24.0 Å². The van der Waals surface area contributed by atoms with Crippen molar-refractivity contribution in [2.45, 2.75) is 52.6 Å². The van der Waals surface area contributed by atoms with Gasteiger partial charge >= 0.3 is 12.6 Å². The van der Waals surface area contributed by atoms with Crippen LogP contribution in [0.4, 0.5) is 8.78 Å². The molecular weight excluding hydrogens is 266 g/mol. The van der Waals surface area contributed by atoms with Gasteiger partial charge < -0.3 is 9.84 Å². The summed E-state index contributed by atoms with van der Waals surface area (Å²) < 4.78 is 29.2. The van der Waals surface area contributed by atoms with Gasteiger partial charge in [0.2, 0.25) is 0 Å². The lowest BCUT2D eigenvalue weighted by Crippen LogP contribution is -2.11. The highest BCUT2D eigenvalue weighted by Crippen LogP contribution is 2.33. The molecule has 0 fully saturated rings. The lowest BCUT2D eigenvalue weighted by Gasteiger charge is -2.20. The van der Waals surface area contributed by atoms with Crippen LogP contribution in [-0.4, -0.2) is 17.7 Å². The third-order valence-corrected chi connectivity index (χ3v) is 3.09. The molecule has 0 radical (unpaired) electrons. The fraction of sp³-hybridized carbons (Fsp3) is 0.533. The Morgan fingerprint density at radius 2 is 1.60 bits per heavy atom. The SMILES string of the molecule is CC(C)c1cc(OC(F)F)cc(C(C)C)c1CC(=O)O. The number of hydrogen-bond donors (Lipinski definition) is 1. The second kappa shape index (κ2) is 6.68. The summed E-state index contributed by atoms with van der Waals surface area (Å²) in [6.45, 7) is 4.71.